The number of hydrogen-bond acceptors (Lipinski definition) is 6. The molecule has 4 N–H and O–H groups in total. The summed E-state index contributed by atoms with van der Waals surface area (Å²) in [7, 11) is 0. The summed E-state index contributed by atoms with van der Waals surface area (Å²) in [4.78, 5) is 0. The molecule has 0 radical (unpaired) electrons. The van der Waals surface area contributed by atoms with Crippen molar-refractivity contribution in [3.63, 3.8) is 0 Å². The fourth-order valence-corrected chi connectivity index (χ4v) is 2.49. The number of unbranched alkanes of at least 4 members (excludes halogenated alkanes) is 6. The Morgan fingerprint density at radius 1 is 1.00 bits per heavy atom. The van der Waals surface area contributed by atoms with Gasteiger partial charge in [0.15, 0.2) is 6.29 Å². The minimum Gasteiger partial charge on any atom is -0.394 e. The number of ether oxygens (including phenoxy) is 2. The predicted molar refractivity (Wildman–Crippen MR) is 77.7 cm³/mol. The fourth-order valence-electron chi connectivity index (χ4n) is 2.49. The summed E-state index contributed by atoms with van der Waals surface area (Å²) in [6.45, 7) is 2.11. The number of aliphatic hydroxyl groups is 4. The average molecular weight is 306 g/mol. The molecule has 21 heavy (non-hydrogen) atoms. The monoisotopic (exact) mass is 306 g/mol. The maximum Gasteiger partial charge on any atom is 0.186 e. The summed E-state index contributed by atoms with van der Waals surface area (Å²) in [5, 5.41) is 37.8. The van der Waals surface area contributed by atoms with E-state index in [0.717, 1.165) is 12.8 Å². The van der Waals surface area contributed by atoms with Crippen molar-refractivity contribution < 1.29 is 29.9 Å². The van der Waals surface area contributed by atoms with E-state index >= 15 is 0 Å². The normalized spacial score (nSPS) is 30.7. The van der Waals surface area contributed by atoms with Gasteiger partial charge in [0, 0.05) is 6.61 Å². The van der Waals surface area contributed by atoms with Gasteiger partial charge in [-0.1, -0.05) is 45.4 Å². The first-order chi connectivity index (χ1) is 10.1. The molecule has 5 atom stereocenters. The van der Waals surface area contributed by atoms with Gasteiger partial charge in [-0.15, -0.1) is 0 Å². The van der Waals surface area contributed by atoms with Crippen molar-refractivity contribution >= 4 is 0 Å². The van der Waals surface area contributed by atoms with Gasteiger partial charge in [-0.3, -0.25) is 0 Å². The van der Waals surface area contributed by atoms with Gasteiger partial charge in [-0.05, 0) is 6.42 Å². The third kappa shape index (κ3) is 6.18. The summed E-state index contributed by atoms with van der Waals surface area (Å²) in [5.41, 5.74) is 0. The average Bonchev–Trinajstić information content (AvgIpc) is 2.77. The molecule has 0 unspecified atom stereocenters. The first-order valence-electron chi connectivity index (χ1n) is 8.04. The third-order valence-corrected chi connectivity index (χ3v) is 3.85. The van der Waals surface area contributed by atoms with Crippen molar-refractivity contribution in [2.45, 2.75) is 82.6 Å². The van der Waals surface area contributed by atoms with Gasteiger partial charge in [-0.25, -0.2) is 0 Å². The van der Waals surface area contributed by atoms with Crippen molar-refractivity contribution in [2.75, 3.05) is 13.2 Å². The molecule has 1 saturated heterocycles. The van der Waals surface area contributed by atoms with Crippen LogP contribution in [0.15, 0.2) is 0 Å². The lowest BCUT2D eigenvalue weighted by Gasteiger charge is -2.18. The highest BCUT2D eigenvalue weighted by Gasteiger charge is 2.46. The van der Waals surface area contributed by atoms with Gasteiger partial charge in [-0.2, -0.15) is 0 Å². The summed E-state index contributed by atoms with van der Waals surface area (Å²) < 4.78 is 10.7. The van der Waals surface area contributed by atoms with Crippen molar-refractivity contribution in [1.29, 1.82) is 0 Å². The Morgan fingerprint density at radius 2 is 1.62 bits per heavy atom. The molecule has 0 aromatic heterocycles. The lowest BCUT2D eigenvalue weighted by molar-refractivity contribution is -0.181. The Morgan fingerprint density at radius 3 is 2.24 bits per heavy atom. The molecular formula is C15H30O6. The quantitative estimate of drug-likeness (QED) is 0.416. The molecule has 0 aliphatic carbocycles. The second-order valence-electron chi connectivity index (χ2n) is 5.69. The van der Waals surface area contributed by atoms with Gasteiger partial charge in [0.2, 0.25) is 0 Å². The molecule has 0 aromatic carbocycles. The van der Waals surface area contributed by atoms with Crippen LogP contribution in [0, 0.1) is 0 Å². The Labute approximate surface area is 126 Å². The largest absolute Gasteiger partial charge is 0.394 e. The molecule has 126 valence electrons. The molecule has 1 aliphatic rings. The predicted octanol–water partition coefficient (Wildman–Crippen LogP) is 0.553. The van der Waals surface area contributed by atoms with Crippen LogP contribution in [0.25, 0.3) is 0 Å². The molecule has 0 aromatic rings. The number of rotatable bonds is 11. The SMILES string of the molecule is CCCCCCCCCO[C@H]1O[C@H]([C@@H](O)CO)[C@H](O)[C@H]1O. The smallest absolute Gasteiger partial charge is 0.186 e. The standard InChI is InChI=1S/C15H30O6/c1-2-3-4-5-6-7-8-9-20-15-13(19)12(18)14(21-15)11(17)10-16/h11-19H,2-10H2,1H3/t11-,12+,13+,14+,15-/m0/s1. The molecule has 6 nitrogen and oxygen atoms in total. The Hall–Kier alpha value is -0.240. The Bertz CT molecular complexity index is 263. The van der Waals surface area contributed by atoms with E-state index in [2.05, 4.69) is 6.92 Å². The van der Waals surface area contributed by atoms with Crippen molar-refractivity contribution in [2.24, 2.45) is 0 Å². The Balaban J connectivity index is 2.12. The molecule has 1 rings (SSSR count). The summed E-state index contributed by atoms with van der Waals surface area (Å²) in [5.74, 6) is 0. The first kappa shape index (κ1) is 18.8. The van der Waals surface area contributed by atoms with Crippen LogP contribution in [-0.4, -0.2) is 64.3 Å². The molecule has 0 spiro atoms. The van der Waals surface area contributed by atoms with Crippen molar-refractivity contribution in [3.05, 3.63) is 0 Å². The van der Waals surface area contributed by atoms with E-state index in [1.54, 1.807) is 0 Å². The molecule has 6 heteroatoms. The molecule has 1 heterocycles. The van der Waals surface area contributed by atoms with Crippen LogP contribution >= 0.6 is 0 Å². The maximum atomic E-state index is 9.78. The second-order valence-corrected chi connectivity index (χ2v) is 5.69. The lowest BCUT2D eigenvalue weighted by atomic mass is 10.1. The van der Waals surface area contributed by atoms with Gasteiger partial charge in [0.1, 0.15) is 24.4 Å². The molecular weight excluding hydrogens is 276 g/mol. The minimum absolute atomic E-state index is 0.449. The van der Waals surface area contributed by atoms with Crippen LogP contribution in [0.3, 0.4) is 0 Å². The van der Waals surface area contributed by atoms with Crippen LogP contribution in [0.4, 0.5) is 0 Å². The van der Waals surface area contributed by atoms with Gasteiger partial charge in [0.25, 0.3) is 0 Å². The van der Waals surface area contributed by atoms with E-state index in [1.807, 2.05) is 0 Å². The van der Waals surface area contributed by atoms with Gasteiger partial charge >= 0.3 is 0 Å². The molecule has 1 aliphatic heterocycles. The number of hydrogen-bond donors (Lipinski definition) is 4. The third-order valence-electron chi connectivity index (χ3n) is 3.85. The van der Waals surface area contributed by atoms with Crippen LogP contribution in [-0.2, 0) is 9.47 Å². The minimum atomic E-state index is -1.24. The zero-order chi connectivity index (χ0) is 15.7. The van der Waals surface area contributed by atoms with E-state index in [1.165, 1.54) is 32.1 Å². The van der Waals surface area contributed by atoms with Crippen LogP contribution < -0.4 is 0 Å². The Kier molecular flexibility index (Phi) is 9.39. The van der Waals surface area contributed by atoms with Gasteiger partial charge < -0.3 is 29.9 Å². The highest BCUT2D eigenvalue weighted by Crippen LogP contribution is 2.24. The first-order valence-corrected chi connectivity index (χ1v) is 8.04. The highest BCUT2D eigenvalue weighted by atomic mass is 16.7. The second kappa shape index (κ2) is 10.5. The topological polar surface area (TPSA) is 99.4 Å². The van der Waals surface area contributed by atoms with Gasteiger partial charge in [0.05, 0.1) is 6.61 Å². The van der Waals surface area contributed by atoms with E-state index < -0.39 is 37.3 Å². The summed E-state index contributed by atoms with van der Waals surface area (Å²) in [6.07, 6.45) is 2.54. The van der Waals surface area contributed by atoms with E-state index in [0.29, 0.717) is 6.61 Å². The highest BCUT2D eigenvalue weighted by molar-refractivity contribution is 4.90. The fraction of sp³-hybridized carbons (Fsp3) is 1.00. The zero-order valence-electron chi connectivity index (χ0n) is 12.9. The molecule has 0 amide bonds. The molecule has 1 fully saturated rings. The lowest BCUT2D eigenvalue weighted by Crippen LogP contribution is -2.40. The van der Waals surface area contributed by atoms with E-state index in [-0.39, 0.29) is 0 Å². The van der Waals surface area contributed by atoms with Crippen molar-refractivity contribution in [3.8, 4) is 0 Å². The molecule has 0 saturated carbocycles. The van der Waals surface area contributed by atoms with Crippen LogP contribution in [0.2, 0.25) is 0 Å². The van der Waals surface area contributed by atoms with Crippen LogP contribution in [0.5, 0.6) is 0 Å². The number of aliphatic hydroxyl groups excluding tert-OH is 4. The van der Waals surface area contributed by atoms with E-state index in [9.17, 15) is 15.3 Å². The zero-order valence-corrected chi connectivity index (χ0v) is 12.9. The summed E-state index contributed by atoms with van der Waals surface area (Å²) in [6, 6.07) is 0. The maximum absolute atomic E-state index is 9.78. The van der Waals surface area contributed by atoms with E-state index in [4.69, 9.17) is 14.6 Å². The molecule has 0 bridgehead atoms. The van der Waals surface area contributed by atoms with Crippen LogP contribution in [0.1, 0.15) is 51.9 Å². The van der Waals surface area contributed by atoms with Crippen molar-refractivity contribution in [1.82, 2.24) is 0 Å². The summed E-state index contributed by atoms with van der Waals surface area (Å²) >= 11 is 0.